The number of aliphatic hydroxyl groups is 1. The van der Waals surface area contributed by atoms with Crippen LogP contribution < -0.4 is 104 Å². The summed E-state index contributed by atoms with van der Waals surface area (Å²) in [7, 11) is 0. The lowest BCUT2D eigenvalue weighted by atomic mass is 9.94. The van der Waals surface area contributed by atoms with Crippen LogP contribution in [-0.2, 0) is 71.9 Å². The maximum Gasteiger partial charge on any atom is 0.245 e. The van der Waals surface area contributed by atoms with Crippen molar-refractivity contribution in [1.82, 2.24) is 69.1 Å². The van der Waals surface area contributed by atoms with Gasteiger partial charge in [-0.3, -0.25) is 71.9 Å². The minimum atomic E-state index is -1.54. The predicted octanol–water partition coefficient (Wildman–Crippen LogP) is -2.67. The molecule has 0 spiro atoms. The first-order valence-electron chi connectivity index (χ1n) is 38.2. The molecule has 0 rings (SSSR count). The molecule has 0 saturated carbocycles. The highest BCUT2D eigenvalue weighted by Gasteiger charge is 2.39. The van der Waals surface area contributed by atoms with Gasteiger partial charge < -0.3 is 109 Å². The normalized spacial score (nSPS) is 16.2. The molecule has 0 aromatic carbocycles. The predicted molar refractivity (Wildman–Crippen MR) is 405 cm³/mol. The van der Waals surface area contributed by atoms with Crippen molar-refractivity contribution in [3.63, 3.8) is 0 Å². The summed E-state index contributed by atoms with van der Waals surface area (Å²) in [5, 5.41) is 44.2. The molecule has 0 heterocycles. The lowest BCUT2D eigenvalue weighted by Crippen LogP contribution is -2.61. The molecule has 35 heteroatoms. The molecule has 0 saturated heterocycles. The Balaban J connectivity index is 6.70. The molecule has 0 aromatic rings. The quantitative estimate of drug-likeness (QED) is 0.0276. The van der Waals surface area contributed by atoms with Crippen LogP contribution >= 0.6 is 0 Å². The number of rotatable bonds is 56. The van der Waals surface area contributed by atoms with E-state index in [1.807, 2.05) is 20.8 Å². The van der Waals surface area contributed by atoms with E-state index < -0.39 is 204 Å². The molecule has 0 aliphatic rings. The van der Waals surface area contributed by atoms with Gasteiger partial charge in [0.1, 0.15) is 72.5 Å². The topological polar surface area (TPSA) is 589 Å². The number of carbonyl (C=O) groups is 15. The van der Waals surface area contributed by atoms with E-state index >= 15 is 0 Å². The van der Waals surface area contributed by atoms with Gasteiger partial charge in [-0.1, -0.05) is 123 Å². The number of aliphatic hydroxyl groups excluding tert-OH is 1. The second-order valence-electron chi connectivity index (χ2n) is 29.5. The van der Waals surface area contributed by atoms with E-state index in [0.29, 0.717) is 64.2 Å². The van der Waals surface area contributed by atoms with Crippen LogP contribution in [0.2, 0.25) is 0 Å². The summed E-state index contributed by atoms with van der Waals surface area (Å²) in [4.78, 5) is 206. The standard InChI is InChI=1S/C72H135N19O16/c1-16-41(11)56(77)69(104)87-52(35-54(76)93)67(102)86-51(34-40(9)10)66(101)85-50(33-39(7)8)65(100)82-48(28-22-25-31-75)64(99)90-58(43(13)18-3)70(105)80-45(15)61(96)81-46(26-20-23-29-73)62(97)79-36-55(94)89-57(42(12)17-2)72(107)91-59(44(14)19-4)71(106)83-47(27-21-24-30-74)63(98)88-53(37-92)68(103)84-49(60(78)95)32-38(5)6/h38-53,56-59,92H,16-37,73-75,77H2,1-15H3,(H2,76,93)(H2,78,95)(H,79,97)(H,80,105)(H,81,96)(H,82,100)(H,83,106)(H,84,103)(H,85,101)(H,86,102)(H,87,104)(H,88,98)(H,89,94)(H,90,99)(H,91,107)/t41-,42-,43-,44-,45-,46-,47-,48-,49-,50-,51-,52-,53-,56-,57-,58-,59-/m0/s1. The Labute approximate surface area is 632 Å². The Morgan fingerprint density at radius 3 is 1.04 bits per heavy atom. The maximum atomic E-state index is 14.5. The Morgan fingerprint density at radius 2 is 0.636 bits per heavy atom. The Bertz CT molecular complexity index is 2850. The molecule has 107 heavy (non-hydrogen) atoms. The molecule has 0 aliphatic heterocycles. The second-order valence-corrected chi connectivity index (χ2v) is 29.5. The van der Waals surface area contributed by atoms with E-state index in [-0.39, 0.29) is 81.8 Å². The lowest BCUT2D eigenvalue weighted by molar-refractivity contribution is -0.137. The zero-order chi connectivity index (χ0) is 82.0. The summed E-state index contributed by atoms with van der Waals surface area (Å²) in [6.07, 6.45) is 3.77. The minimum absolute atomic E-state index is 0.0325. The van der Waals surface area contributed by atoms with Crippen LogP contribution in [-0.4, -0.2) is 205 Å². The summed E-state index contributed by atoms with van der Waals surface area (Å²) in [5.74, 6) is -14.6. The largest absolute Gasteiger partial charge is 0.394 e. The van der Waals surface area contributed by atoms with Crippen LogP contribution in [0.15, 0.2) is 0 Å². The second kappa shape index (κ2) is 52.8. The molecule has 0 radical (unpaired) electrons. The molecule has 17 atom stereocenters. The average molecular weight is 1520 g/mol. The monoisotopic (exact) mass is 1520 g/mol. The van der Waals surface area contributed by atoms with E-state index in [9.17, 15) is 77.0 Å². The molecule has 0 aromatic heterocycles. The van der Waals surface area contributed by atoms with Crippen molar-refractivity contribution in [2.45, 2.75) is 292 Å². The van der Waals surface area contributed by atoms with E-state index in [4.69, 9.17) is 34.4 Å². The maximum absolute atomic E-state index is 14.5. The van der Waals surface area contributed by atoms with Gasteiger partial charge in [-0.2, -0.15) is 0 Å². The number of amides is 15. The SMILES string of the molecule is CC[C@H](C)[C@H](N)C(=O)N[C@@H](CC(N)=O)C(=O)N[C@@H](CC(C)C)C(=O)N[C@@H](CC(C)C)C(=O)N[C@@H](CCCCN)C(=O)N[C@H](C(=O)N[C@@H](C)C(=O)N[C@@H](CCCCN)C(=O)NCC(=O)N[C@H](C(=O)N[C@H](C(=O)N[C@@H](CCCCN)C(=O)N[C@@H](CO)C(=O)N[C@@H](CC(C)C)C(N)=O)[C@@H](C)CC)[C@@H](C)CC)[C@@H](C)CC. The summed E-state index contributed by atoms with van der Waals surface area (Å²) in [5.41, 5.74) is 34.4. The summed E-state index contributed by atoms with van der Waals surface area (Å²) < 4.78 is 0. The van der Waals surface area contributed by atoms with Crippen LogP contribution in [0, 0.1) is 41.4 Å². The van der Waals surface area contributed by atoms with E-state index in [0.717, 1.165) is 0 Å². The fraction of sp³-hybridized carbons (Fsp3) is 0.792. The number of nitrogens with two attached hydrogens (primary N) is 6. The van der Waals surface area contributed by atoms with Crippen molar-refractivity contribution in [3.8, 4) is 0 Å². The Kier molecular flexibility index (Phi) is 48.8. The highest BCUT2D eigenvalue weighted by molar-refractivity contribution is 6.00. The van der Waals surface area contributed by atoms with Gasteiger partial charge in [0.05, 0.1) is 25.6 Å². The van der Waals surface area contributed by atoms with Crippen molar-refractivity contribution >= 4 is 88.6 Å². The van der Waals surface area contributed by atoms with Crippen LogP contribution in [0.5, 0.6) is 0 Å². The molecule has 0 fully saturated rings. The van der Waals surface area contributed by atoms with Crippen LogP contribution in [0.25, 0.3) is 0 Å². The fourth-order valence-corrected chi connectivity index (χ4v) is 11.2. The molecule has 0 unspecified atom stereocenters. The highest BCUT2D eigenvalue weighted by Crippen LogP contribution is 2.18. The number of hydrogen-bond acceptors (Lipinski definition) is 20. The van der Waals surface area contributed by atoms with Gasteiger partial charge in [0, 0.05) is 0 Å². The molecular formula is C72H135N19O16. The fourth-order valence-electron chi connectivity index (χ4n) is 11.2. The van der Waals surface area contributed by atoms with Gasteiger partial charge in [-0.15, -0.1) is 0 Å². The van der Waals surface area contributed by atoms with Crippen molar-refractivity contribution in [2.75, 3.05) is 32.8 Å². The van der Waals surface area contributed by atoms with E-state index in [2.05, 4.69) is 69.1 Å². The Hall–Kier alpha value is -8.15. The van der Waals surface area contributed by atoms with Gasteiger partial charge in [-0.05, 0) is 145 Å². The Morgan fingerprint density at radius 1 is 0.327 bits per heavy atom. The third-order valence-corrected chi connectivity index (χ3v) is 18.8. The van der Waals surface area contributed by atoms with Gasteiger partial charge >= 0.3 is 0 Å². The zero-order valence-electron chi connectivity index (χ0n) is 66.1. The summed E-state index contributed by atoms with van der Waals surface area (Å²) >= 11 is 0. The van der Waals surface area contributed by atoms with Crippen LogP contribution in [0.4, 0.5) is 0 Å². The zero-order valence-corrected chi connectivity index (χ0v) is 66.1. The third-order valence-electron chi connectivity index (χ3n) is 18.8. The van der Waals surface area contributed by atoms with Crippen LogP contribution in [0.1, 0.15) is 213 Å². The van der Waals surface area contributed by atoms with Crippen molar-refractivity contribution in [3.05, 3.63) is 0 Å². The number of nitrogens with one attached hydrogen (secondary N) is 13. The highest BCUT2D eigenvalue weighted by atomic mass is 16.3. The van der Waals surface area contributed by atoms with Gasteiger partial charge in [0.2, 0.25) is 88.6 Å². The number of hydrogen-bond donors (Lipinski definition) is 20. The first-order chi connectivity index (χ1) is 50.2. The first-order valence-corrected chi connectivity index (χ1v) is 38.2. The summed E-state index contributed by atoms with van der Waals surface area (Å²) in [6.45, 7) is 25.3. The smallest absolute Gasteiger partial charge is 0.245 e. The van der Waals surface area contributed by atoms with Gasteiger partial charge in [-0.25, -0.2) is 0 Å². The summed E-state index contributed by atoms with van der Waals surface area (Å²) in [6, 6.07) is -16.8. The number of carbonyl (C=O) groups excluding carboxylic acids is 15. The third kappa shape index (κ3) is 38.0. The van der Waals surface area contributed by atoms with Crippen molar-refractivity contribution < 1.29 is 77.0 Å². The molecule has 0 aliphatic carbocycles. The number of primary amides is 2. The van der Waals surface area contributed by atoms with Crippen molar-refractivity contribution in [2.24, 2.45) is 75.8 Å². The van der Waals surface area contributed by atoms with Crippen LogP contribution in [0.3, 0.4) is 0 Å². The van der Waals surface area contributed by atoms with E-state index in [1.165, 1.54) is 6.92 Å². The minimum Gasteiger partial charge on any atom is -0.394 e. The first kappa shape index (κ1) is 98.8. The molecule has 15 amide bonds. The van der Waals surface area contributed by atoms with E-state index in [1.54, 1.807) is 76.2 Å². The van der Waals surface area contributed by atoms with Gasteiger partial charge in [0.25, 0.3) is 0 Å². The van der Waals surface area contributed by atoms with Gasteiger partial charge in [0.15, 0.2) is 0 Å². The molecule has 0 bridgehead atoms. The lowest BCUT2D eigenvalue weighted by Gasteiger charge is -2.30. The average Bonchev–Trinajstić information content (AvgIpc) is 0.859. The number of unbranched alkanes of at least 4 members (excludes halogenated alkanes) is 3. The molecular weight excluding hydrogens is 1390 g/mol. The molecule has 614 valence electrons. The van der Waals surface area contributed by atoms with Crippen molar-refractivity contribution in [1.29, 1.82) is 0 Å². The molecule has 35 nitrogen and oxygen atoms in total. The molecule has 26 N–H and O–H groups in total.